The van der Waals surface area contributed by atoms with E-state index in [9.17, 15) is 4.79 Å². The molecule has 1 aliphatic heterocycles. The Bertz CT molecular complexity index is 1000. The average Bonchev–Trinajstić information content (AvgIpc) is 3.48. The largest absolute Gasteiger partial charge is 0.352 e. The number of fused-ring (bicyclic) bond motifs is 1. The number of carbonyl (C=O) groups excluding carboxylic acids is 1. The molecule has 0 spiro atoms. The molecule has 1 amide bonds. The van der Waals surface area contributed by atoms with E-state index in [0.29, 0.717) is 17.6 Å². The summed E-state index contributed by atoms with van der Waals surface area (Å²) in [5.74, 6) is 1.76. The summed E-state index contributed by atoms with van der Waals surface area (Å²) in [6.07, 6.45) is 6.88. The van der Waals surface area contributed by atoms with E-state index < -0.39 is 0 Å². The van der Waals surface area contributed by atoms with E-state index in [1.54, 1.807) is 23.3 Å². The second kappa shape index (κ2) is 7.68. The quantitative estimate of drug-likeness (QED) is 0.673. The second-order valence-corrected chi connectivity index (χ2v) is 8.59. The van der Waals surface area contributed by atoms with E-state index in [1.165, 1.54) is 5.56 Å². The van der Waals surface area contributed by atoms with Gasteiger partial charge in [-0.3, -0.25) is 9.69 Å². The van der Waals surface area contributed by atoms with Crippen LogP contribution in [0.15, 0.2) is 53.6 Å². The van der Waals surface area contributed by atoms with Crippen molar-refractivity contribution in [2.75, 3.05) is 13.1 Å². The Kier molecular flexibility index (Phi) is 4.86. The smallest absolute Gasteiger partial charge is 0.240 e. The van der Waals surface area contributed by atoms with Crippen LogP contribution in [0.25, 0.3) is 0 Å². The highest BCUT2D eigenvalue weighted by Gasteiger charge is 2.57. The highest BCUT2D eigenvalue weighted by atomic mass is 16.5. The van der Waals surface area contributed by atoms with Crippen molar-refractivity contribution in [3.63, 3.8) is 0 Å². The van der Waals surface area contributed by atoms with Gasteiger partial charge in [0.1, 0.15) is 6.54 Å². The molecule has 5 rings (SSSR count). The van der Waals surface area contributed by atoms with E-state index in [1.807, 2.05) is 13.0 Å². The molecular formula is C22H26N6O2. The summed E-state index contributed by atoms with van der Waals surface area (Å²) in [6, 6.07) is 10.6. The van der Waals surface area contributed by atoms with Crippen LogP contribution in [0, 0.1) is 12.8 Å². The van der Waals surface area contributed by atoms with Crippen LogP contribution in [0.1, 0.15) is 30.1 Å². The van der Waals surface area contributed by atoms with Crippen molar-refractivity contribution in [2.45, 2.75) is 44.3 Å². The van der Waals surface area contributed by atoms with Crippen molar-refractivity contribution in [3.8, 4) is 0 Å². The Labute approximate surface area is 175 Å². The molecule has 8 heteroatoms. The molecule has 0 radical (unpaired) electrons. The molecule has 0 bridgehead atoms. The van der Waals surface area contributed by atoms with Gasteiger partial charge in [-0.1, -0.05) is 35.5 Å². The summed E-state index contributed by atoms with van der Waals surface area (Å²) < 4.78 is 7.46. The van der Waals surface area contributed by atoms with Gasteiger partial charge in [-0.2, -0.15) is 4.98 Å². The SMILES string of the molecule is Cc1noc(C23CC(NC(=O)Cn4ccnc4)CC2CN(Cc2ccccc2)C3)n1. The van der Waals surface area contributed by atoms with Gasteiger partial charge in [0.25, 0.3) is 0 Å². The lowest BCUT2D eigenvalue weighted by Crippen LogP contribution is -2.39. The minimum absolute atomic E-state index is 0.0102. The molecule has 3 atom stereocenters. The summed E-state index contributed by atoms with van der Waals surface area (Å²) in [4.78, 5) is 23.6. The van der Waals surface area contributed by atoms with Crippen LogP contribution < -0.4 is 5.32 Å². The van der Waals surface area contributed by atoms with Gasteiger partial charge in [-0.05, 0) is 31.2 Å². The van der Waals surface area contributed by atoms with Crippen LogP contribution in [0.4, 0.5) is 0 Å². The zero-order chi connectivity index (χ0) is 20.6. The third-order valence-electron chi connectivity index (χ3n) is 6.40. The predicted octanol–water partition coefficient (Wildman–Crippen LogP) is 1.92. The Hall–Kier alpha value is -3.00. The molecule has 1 aliphatic carbocycles. The number of nitrogens with one attached hydrogen (secondary N) is 1. The van der Waals surface area contributed by atoms with Crippen LogP contribution in [0.2, 0.25) is 0 Å². The van der Waals surface area contributed by atoms with Gasteiger partial charge in [-0.25, -0.2) is 4.98 Å². The maximum atomic E-state index is 12.5. The standard InChI is InChI=1S/C22H26N6O2/c1-16-24-21(30-26-16)22-10-19(25-20(29)13-27-8-7-23-15-27)9-18(22)12-28(14-22)11-17-5-3-2-4-6-17/h2-8,15,18-19H,9-14H2,1H3,(H,25,29). The van der Waals surface area contributed by atoms with Crippen molar-refractivity contribution in [1.82, 2.24) is 29.9 Å². The lowest BCUT2D eigenvalue weighted by molar-refractivity contribution is -0.122. The molecule has 1 saturated heterocycles. The van der Waals surface area contributed by atoms with E-state index >= 15 is 0 Å². The highest BCUT2D eigenvalue weighted by molar-refractivity contribution is 5.76. The average molecular weight is 406 g/mol. The molecule has 1 N–H and O–H groups in total. The first-order chi connectivity index (χ1) is 14.6. The Balaban J connectivity index is 1.31. The van der Waals surface area contributed by atoms with Gasteiger partial charge in [0, 0.05) is 38.1 Å². The molecule has 2 aromatic heterocycles. The first-order valence-corrected chi connectivity index (χ1v) is 10.4. The van der Waals surface area contributed by atoms with Gasteiger partial charge in [0.2, 0.25) is 11.8 Å². The number of amides is 1. The summed E-state index contributed by atoms with van der Waals surface area (Å²) in [7, 11) is 0. The van der Waals surface area contributed by atoms with Crippen LogP contribution in [-0.4, -0.2) is 49.6 Å². The Morgan fingerprint density at radius 1 is 1.33 bits per heavy atom. The third kappa shape index (κ3) is 3.63. The van der Waals surface area contributed by atoms with Gasteiger partial charge >= 0.3 is 0 Å². The van der Waals surface area contributed by atoms with Crippen LogP contribution in [0.3, 0.4) is 0 Å². The van der Waals surface area contributed by atoms with Gasteiger partial charge < -0.3 is 14.4 Å². The minimum atomic E-state index is -0.205. The van der Waals surface area contributed by atoms with Crippen molar-refractivity contribution in [2.24, 2.45) is 5.92 Å². The molecule has 3 unspecified atom stereocenters. The van der Waals surface area contributed by atoms with Crippen molar-refractivity contribution in [1.29, 1.82) is 0 Å². The number of imidazole rings is 1. The Morgan fingerprint density at radius 3 is 2.93 bits per heavy atom. The van der Waals surface area contributed by atoms with Gasteiger partial charge in [0.05, 0.1) is 11.7 Å². The monoisotopic (exact) mass is 406 g/mol. The first kappa shape index (κ1) is 19.0. The molecule has 3 aromatic rings. The summed E-state index contributed by atoms with van der Waals surface area (Å²) in [5.41, 5.74) is 1.10. The van der Waals surface area contributed by atoms with Crippen molar-refractivity contribution < 1.29 is 9.32 Å². The maximum absolute atomic E-state index is 12.5. The number of aryl methyl sites for hydroxylation is 1. The topological polar surface area (TPSA) is 89.1 Å². The summed E-state index contributed by atoms with van der Waals surface area (Å²) >= 11 is 0. The Morgan fingerprint density at radius 2 is 2.20 bits per heavy atom. The molecule has 2 aliphatic rings. The van der Waals surface area contributed by atoms with E-state index in [-0.39, 0.29) is 23.9 Å². The molecule has 2 fully saturated rings. The lowest BCUT2D eigenvalue weighted by Gasteiger charge is -2.25. The molecule has 1 saturated carbocycles. The number of rotatable bonds is 6. The second-order valence-electron chi connectivity index (χ2n) is 8.59. The normalized spacial score (nSPS) is 26.0. The molecular weight excluding hydrogens is 380 g/mol. The van der Waals surface area contributed by atoms with E-state index in [4.69, 9.17) is 4.52 Å². The van der Waals surface area contributed by atoms with Crippen LogP contribution >= 0.6 is 0 Å². The number of hydrogen-bond donors (Lipinski definition) is 1. The predicted molar refractivity (Wildman–Crippen MR) is 109 cm³/mol. The zero-order valence-corrected chi connectivity index (χ0v) is 17.1. The maximum Gasteiger partial charge on any atom is 0.240 e. The number of carbonyl (C=O) groups is 1. The highest BCUT2D eigenvalue weighted by Crippen LogP contribution is 2.50. The first-order valence-electron chi connectivity index (χ1n) is 10.4. The zero-order valence-electron chi connectivity index (χ0n) is 17.1. The molecule has 1 aromatic carbocycles. The minimum Gasteiger partial charge on any atom is -0.352 e. The van der Waals surface area contributed by atoms with E-state index in [0.717, 1.165) is 32.5 Å². The van der Waals surface area contributed by atoms with Crippen LogP contribution in [-0.2, 0) is 23.3 Å². The molecule has 156 valence electrons. The third-order valence-corrected chi connectivity index (χ3v) is 6.40. The number of nitrogens with zero attached hydrogens (tertiary/aromatic N) is 5. The van der Waals surface area contributed by atoms with Crippen molar-refractivity contribution in [3.05, 3.63) is 66.3 Å². The molecule has 30 heavy (non-hydrogen) atoms. The van der Waals surface area contributed by atoms with Gasteiger partial charge in [0.15, 0.2) is 5.82 Å². The van der Waals surface area contributed by atoms with Crippen LogP contribution in [0.5, 0.6) is 0 Å². The van der Waals surface area contributed by atoms with Crippen molar-refractivity contribution >= 4 is 5.91 Å². The summed E-state index contributed by atoms with van der Waals surface area (Å²) in [6.45, 7) is 4.87. The summed E-state index contributed by atoms with van der Waals surface area (Å²) in [5, 5.41) is 7.27. The lowest BCUT2D eigenvalue weighted by atomic mass is 9.80. The fraction of sp³-hybridized carbons (Fsp3) is 0.455. The van der Waals surface area contributed by atoms with Gasteiger partial charge in [-0.15, -0.1) is 0 Å². The number of benzene rings is 1. The van der Waals surface area contributed by atoms with E-state index in [2.05, 4.69) is 49.6 Å². The molecule has 3 heterocycles. The number of aromatic nitrogens is 4. The number of hydrogen-bond acceptors (Lipinski definition) is 6. The molecule has 8 nitrogen and oxygen atoms in total. The number of likely N-dealkylation sites (tertiary alicyclic amines) is 1. The fourth-order valence-corrected chi connectivity index (χ4v) is 5.20. The fourth-order valence-electron chi connectivity index (χ4n) is 5.20.